The second-order valence-electron chi connectivity index (χ2n) is 12.3. The first-order valence-corrected chi connectivity index (χ1v) is 16.4. The molecule has 8 heteroatoms. The van der Waals surface area contributed by atoms with Crippen LogP contribution < -0.4 is 9.47 Å². The zero-order valence-electron chi connectivity index (χ0n) is 27.2. The van der Waals surface area contributed by atoms with Crippen molar-refractivity contribution in [3.8, 4) is 40.2 Å². The normalized spacial score (nSPS) is 11.8. The van der Waals surface area contributed by atoms with E-state index in [9.17, 15) is 0 Å². The molecule has 0 unspecified atom stereocenters. The zero-order valence-corrected chi connectivity index (χ0v) is 27.2. The number of fused-ring (bicyclic) bond motifs is 12. The van der Waals surface area contributed by atoms with Gasteiger partial charge in [-0.3, -0.25) is 8.97 Å². The van der Waals surface area contributed by atoms with Gasteiger partial charge in [0.15, 0.2) is 11.6 Å². The van der Waals surface area contributed by atoms with Crippen molar-refractivity contribution < 1.29 is 9.47 Å². The standard InChI is InChI=1S/C42H28N6O2/c1-49-27-19-15-25(16-20-27)39-44-40(26-17-21-28(50-2)22-18-26)46-42(45-39)47-34-13-7-5-11-32(34)37-36(47)24-23-30-29-9-3-4-10-31(29)41-43-33-12-6-8-14-35(33)48(41)38(30)37/h3-24H,1-2H3. The van der Waals surface area contributed by atoms with Gasteiger partial charge in [0.05, 0.1) is 41.8 Å². The highest BCUT2D eigenvalue weighted by molar-refractivity contribution is 6.26. The van der Waals surface area contributed by atoms with Gasteiger partial charge in [0, 0.05) is 32.7 Å². The molecule has 4 heterocycles. The molecule has 50 heavy (non-hydrogen) atoms. The van der Waals surface area contributed by atoms with Crippen molar-refractivity contribution in [2.24, 2.45) is 0 Å². The molecule has 0 aliphatic rings. The average molecular weight is 649 g/mol. The van der Waals surface area contributed by atoms with Crippen LogP contribution >= 0.6 is 0 Å². The second kappa shape index (κ2) is 10.9. The van der Waals surface area contributed by atoms with Crippen LogP contribution in [0, 0.1) is 0 Å². The fraction of sp³-hybridized carbons (Fsp3) is 0.0476. The highest BCUT2D eigenvalue weighted by Gasteiger charge is 2.22. The maximum Gasteiger partial charge on any atom is 0.238 e. The lowest BCUT2D eigenvalue weighted by Gasteiger charge is -2.13. The number of pyridine rings is 1. The average Bonchev–Trinajstić information content (AvgIpc) is 3.74. The third kappa shape index (κ3) is 4.12. The Hall–Kier alpha value is -6.80. The van der Waals surface area contributed by atoms with Crippen molar-refractivity contribution in [1.82, 2.24) is 28.9 Å². The van der Waals surface area contributed by atoms with Crippen molar-refractivity contribution in [3.05, 3.63) is 133 Å². The van der Waals surface area contributed by atoms with Crippen molar-refractivity contribution in [2.75, 3.05) is 14.2 Å². The number of rotatable bonds is 5. The molecular weight excluding hydrogens is 621 g/mol. The lowest BCUT2D eigenvalue weighted by molar-refractivity contribution is 0.415. The van der Waals surface area contributed by atoms with Gasteiger partial charge in [-0.15, -0.1) is 0 Å². The van der Waals surface area contributed by atoms with Crippen LogP contribution in [-0.2, 0) is 0 Å². The number of methoxy groups -OCH3 is 2. The quantitative estimate of drug-likeness (QED) is 0.173. The molecule has 0 bridgehead atoms. The second-order valence-corrected chi connectivity index (χ2v) is 12.3. The minimum atomic E-state index is 0.523. The molecule has 0 saturated heterocycles. The van der Waals surface area contributed by atoms with Gasteiger partial charge in [-0.2, -0.15) is 9.97 Å². The largest absolute Gasteiger partial charge is 0.497 e. The van der Waals surface area contributed by atoms with Crippen molar-refractivity contribution in [3.63, 3.8) is 0 Å². The fourth-order valence-electron chi connectivity index (χ4n) is 7.26. The van der Waals surface area contributed by atoms with Gasteiger partial charge in [0.25, 0.3) is 0 Å². The van der Waals surface area contributed by atoms with E-state index in [0.29, 0.717) is 17.6 Å². The van der Waals surface area contributed by atoms with Crippen LogP contribution in [0.4, 0.5) is 0 Å². The summed E-state index contributed by atoms with van der Waals surface area (Å²) in [4.78, 5) is 20.4. The van der Waals surface area contributed by atoms with Crippen LogP contribution in [0.15, 0.2) is 133 Å². The van der Waals surface area contributed by atoms with Crippen molar-refractivity contribution in [1.29, 1.82) is 0 Å². The number of aromatic nitrogens is 6. The topological polar surface area (TPSA) is 79.4 Å². The van der Waals surface area contributed by atoms with Crippen LogP contribution in [-0.4, -0.2) is 43.1 Å². The number of ether oxygens (including phenoxy) is 2. The first-order chi connectivity index (χ1) is 24.7. The van der Waals surface area contributed by atoms with Gasteiger partial charge < -0.3 is 9.47 Å². The van der Waals surface area contributed by atoms with Gasteiger partial charge >= 0.3 is 0 Å². The summed E-state index contributed by atoms with van der Waals surface area (Å²) in [5.41, 5.74) is 7.74. The summed E-state index contributed by atoms with van der Waals surface area (Å²) in [7, 11) is 3.32. The minimum Gasteiger partial charge on any atom is -0.497 e. The minimum absolute atomic E-state index is 0.523. The summed E-state index contributed by atoms with van der Waals surface area (Å²) in [6, 6.07) is 45.3. The third-order valence-electron chi connectivity index (χ3n) is 9.57. The molecule has 4 aromatic heterocycles. The number of imidazole rings is 1. The van der Waals surface area contributed by atoms with Crippen molar-refractivity contribution >= 4 is 60.2 Å². The Labute approximate surface area is 285 Å². The maximum absolute atomic E-state index is 5.44. The van der Waals surface area contributed by atoms with Gasteiger partial charge in [-0.1, -0.05) is 60.7 Å². The summed E-state index contributed by atoms with van der Waals surface area (Å²) >= 11 is 0. The number of para-hydroxylation sites is 3. The highest BCUT2D eigenvalue weighted by Crippen LogP contribution is 2.41. The van der Waals surface area contributed by atoms with E-state index in [4.69, 9.17) is 29.4 Å². The van der Waals surface area contributed by atoms with Crippen LogP contribution in [0.2, 0.25) is 0 Å². The summed E-state index contributed by atoms with van der Waals surface area (Å²) < 4.78 is 15.4. The Kier molecular flexibility index (Phi) is 6.13. The van der Waals surface area contributed by atoms with Crippen LogP contribution in [0.3, 0.4) is 0 Å². The van der Waals surface area contributed by atoms with E-state index in [-0.39, 0.29) is 0 Å². The molecule has 238 valence electrons. The summed E-state index contributed by atoms with van der Waals surface area (Å²) in [6.45, 7) is 0. The first-order valence-electron chi connectivity index (χ1n) is 16.4. The molecule has 0 aliphatic heterocycles. The van der Waals surface area contributed by atoms with Gasteiger partial charge in [0.2, 0.25) is 5.95 Å². The van der Waals surface area contributed by atoms with Crippen LogP contribution in [0.1, 0.15) is 0 Å². The zero-order chi connectivity index (χ0) is 33.3. The first kappa shape index (κ1) is 28.2. The maximum atomic E-state index is 5.44. The van der Waals surface area contributed by atoms with E-state index in [1.165, 1.54) is 0 Å². The third-order valence-corrected chi connectivity index (χ3v) is 9.57. The molecule has 0 radical (unpaired) electrons. The molecule has 0 N–H and O–H groups in total. The van der Waals surface area contributed by atoms with Gasteiger partial charge in [0.1, 0.15) is 17.1 Å². The Balaban J connectivity index is 1.34. The van der Waals surface area contributed by atoms with Gasteiger partial charge in [-0.25, -0.2) is 9.97 Å². The lowest BCUT2D eigenvalue weighted by atomic mass is 10.0. The molecule has 8 nitrogen and oxygen atoms in total. The fourth-order valence-corrected chi connectivity index (χ4v) is 7.26. The molecule has 0 fully saturated rings. The Bertz CT molecular complexity index is 2880. The van der Waals surface area contributed by atoms with E-state index < -0.39 is 0 Å². The SMILES string of the molecule is COc1ccc(-c2nc(-c3ccc(OC)cc3)nc(-n3c4ccccc4c4c3ccc3c5ccccc5c5nc6ccccc6n5c34)n2)cc1. The number of hydrogen-bond acceptors (Lipinski definition) is 6. The molecule has 0 aliphatic carbocycles. The molecule has 0 spiro atoms. The van der Waals surface area contributed by atoms with E-state index in [1.807, 2.05) is 54.6 Å². The van der Waals surface area contributed by atoms with E-state index >= 15 is 0 Å². The highest BCUT2D eigenvalue weighted by atomic mass is 16.5. The molecule has 10 aromatic rings. The molecule has 0 amide bonds. The molecule has 10 rings (SSSR count). The molecular formula is C42H28N6O2. The monoisotopic (exact) mass is 648 g/mol. The summed E-state index contributed by atoms with van der Waals surface area (Å²) in [5, 5.41) is 5.63. The van der Waals surface area contributed by atoms with E-state index in [2.05, 4.69) is 87.8 Å². The number of benzene rings is 6. The lowest BCUT2D eigenvalue weighted by Crippen LogP contribution is -2.06. The van der Waals surface area contributed by atoms with Crippen LogP contribution in [0.5, 0.6) is 11.5 Å². The smallest absolute Gasteiger partial charge is 0.238 e. The summed E-state index contributed by atoms with van der Waals surface area (Å²) in [6.07, 6.45) is 0. The van der Waals surface area contributed by atoms with Crippen LogP contribution in [0.25, 0.3) is 88.9 Å². The Morgan fingerprint density at radius 3 is 1.70 bits per heavy atom. The Morgan fingerprint density at radius 1 is 0.460 bits per heavy atom. The predicted molar refractivity (Wildman–Crippen MR) is 199 cm³/mol. The molecule has 6 aromatic carbocycles. The summed E-state index contributed by atoms with van der Waals surface area (Å²) in [5.74, 6) is 3.17. The van der Waals surface area contributed by atoms with Gasteiger partial charge in [-0.05, 0) is 78.2 Å². The predicted octanol–water partition coefficient (Wildman–Crippen LogP) is 9.43. The molecule has 0 atom stereocenters. The van der Waals surface area contributed by atoms with E-state index in [1.54, 1.807) is 14.2 Å². The number of hydrogen-bond donors (Lipinski definition) is 0. The molecule has 0 saturated carbocycles. The number of nitrogens with zero attached hydrogens (tertiary/aromatic N) is 6. The Morgan fingerprint density at radius 2 is 1.04 bits per heavy atom. The van der Waals surface area contributed by atoms with E-state index in [0.717, 1.165) is 82.8 Å². The van der Waals surface area contributed by atoms with Crippen molar-refractivity contribution in [2.45, 2.75) is 0 Å².